The van der Waals surface area contributed by atoms with Crippen LogP contribution >= 0.6 is 0 Å². The standard InChI is InChI=1S/C16H18F2N2/c1-2-19-15(10-9-12-6-3-4-11-20-12)13-7-5-8-14(17)16(13)18/h3-8,11,15,19H,2,9-10H2,1H3. The molecule has 0 fully saturated rings. The number of benzene rings is 1. The quantitative estimate of drug-likeness (QED) is 0.871. The molecule has 1 N–H and O–H groups in total. The van der Waals surface area contributed by atoms with Crippen LogP contribution in [0.3, 0.4) is 0 Å². The first kappa shape index (κ1) is 14.6. The smallest absolute Gasteiger partial charge is 0.163 e. The van der Waals surface area contributed by atoms with E-state index in [1.807, 2.05) is 25.1 Å². The summed E-state index contributed by atoms with van der Waals surface area (Å²) in [7, 11) is 0. The summed E-state index contributed by atoms with van der Waals surface area (Å²) >= 11 is 0. The van der Waals surface area contributed by atoms with E-state index < -0.39 is 11.6 Å². The zero-order valence-corrected chi connectivity index (χ0v) is 11.4. The maximum absolute atomic E-state index is 13.9. The Labute approximate surface area is 117 Å². The molecule has 1 aromatic carbocycles. The Bertz CT molecular complexity index is 543. The first-order chi connectivity index (χ1) is 9.72. The molecule has 106 valence electrons. The lowest BCUT2D eigenvalue weighted by molar-refractivity contribution is 0.451. The average molecular weight is 276 g/mol. The zero-order chi connectivity index (χ0) is 14.4. The van der Waals surface area contributed by atoms with Gasteiger partial charge in [0.1, 0.15) is 0 Å². The van der Waals surface area contributed by atoms with E-state index in [4.69, 9.17) is 0 Å². The molecule has 1 unspecified atom stereocenters. The molecule has 2 aromatic rings. The number of nitrogens with zero attached hydrogens (tertiary/aromatic N) is 1. The SMILES string of the molecule is CCNC(CCc1ccccn1)c1cccc(F)c1F. The molecule has 1 heterocycles. The Balaban J connectivity index is 2.12. The molecule has 4 heteroatoms. The minimum Gasteiger partial charge on any atom is -0.310 e. The molecule has 20 heavy (non-hydrogen) atoms. The van der Waals surface area contributed by atoms with E-state index in [0.29, 0.717) is 24.9 Å². The maximum atomic E-state index is 13.9. The van der Waals surface area contributed by atoms with Gasteiger partial charge < -0.3 is 5.32 Å². The van der Waals surface area contributed by atoms with Gasteiger partial charge in [-0.3, -0.25) is 4.98 Å². The van der Waals surface area contributed by atoms with Gasteiger partial charge in [-0.1, -0.05) is 25.1 Å². The highest BCUT2D eigenvalue weighted by atomic mass is 19.2. The summed E-state index contributed by atoms with van der Waals surface area (Å²) in [6.45, 7) is 2.65. The zero-order valence-electron chi connectivity index (χ0n) is 11.4. The summed E-state index contributed by atoms with van der Waals surface area (Å²) in [5.41, 5.74) is 1.33. The average Bonchev–Trinajstić information content (AvgIpc) is 2.48. The highest BCUT2D eigenvalue weighted by Gasteiger charge is 2.17. The number of hydrogen-bond acceptors (Lipinski definition) is 2. The second kappa shape index (κ2) is 7.10. The van der Waals surface area contributed by atoms with E-state index in [2.05, 4.69) is 10.3 Å². The van der Waals surface area contributed by atoms with Crippen LogP contribution in [0.15, 0.2) is 42.6 Å². The lowest BCUT2D eigenvalue weighted by atomic mass is 10.00. The Kier molecular flexibility index (Phi) is 5.18. The van der Waals surface area contributed by atoms with Crippen LogP contribution in [0.2, 0.25) is 0 Å². The van der Waals surface area contributed by atoms with Gasteiger partial charge in [-0.05, 0) is 37.6 Å². The number of aryl methyl sites for hydroxylation is 1. The Hall–Kier alpha value is -1.81. The van der Waals surface area contributed by atoms with Gasteiger partial charge >= 0.3 is 0 Å². The van der Waals surface area contributed by atoms with Crippen molar-refractivity contribution in [2.75, 3.05) is 6.54 Å². The van der Waals surface area contributed by atoms with Gasteiger partial charge in [0.15, 0.2) is 11.6 Å². The molecule has 0 radical (unpaired) electrons. The largest absolute Gasteiger partial charge is 0.310 e. The lowest BCUT2D eigenvalue weighted by Gasteiger charge is -2.19. The predicted molar refractivity (Wildman–Crippen MR) is 75.3 cm³/mol. The number of halogens is 2. The molecule has 0 bridgehead atoms. The minimum absolute atomic E-state index is 0.210. The van der Waals surface area contributed by atoms with Gasteiger partial charge in [0.25, 0.3) is 0 Å². The highest BCUT2D eigenvalue weighted by Crippen LogP contribution is 2.23. The van der Waals surface area contributed by atoms with E-state index in [-0.39, 0.29) is 6.04 Å². The van der Waals surface area contributed by atoms with E-state index in [1.165, 1.54) is 0 Å². The Morgan fingerprint density at radius 2 is 2.00 bits per heavy atom. The molecule has 0 aliphatic heterocycles. The Morgan fingerprint density at radius 1 is 1.15 bits per heavy atom. The van der Waals surface area contributed by atoms with Crippen molar-refractivity contribution in [3.05, 3.63) is 65.5 Å². The Morgan fingerprint density at radius 3 is 2.70 bits per heavy atom. The van der Waals surface area contributed by atoms with Crippen molar-refractivity contribution in [2.24, 2.45) is 0 Å². The predicted octanol–water partition coefficient (Wildman–Crippen LogP) is 3.64. The van der Waals surface area contributed by atoms with Gasteiger partial charge in [0.2, 0.25) is 0 Å². The summed E-state index contributed by atoms with van der Waals surface area (Å²) in [6.07, 6.45) is 3.13. The highest BCUT2D eigenvalue weighted by molar-refractivity contribution is 5.23. The molecule has 0 saturated heterocycles. The number of aromatic nitrogens is 1. The summed E-state index contributed by atoms with van der Waals surface area (Å²) in [5.74, 6) is -1.57. The van der Waals surface area contributed by atoms with Crippen LogP contribution in [-0.4, -0.2) is 11.5 Å². The lowest BCUT2D eigenvalue weighted by Crippen LogP contribution is -2.23. The molecular weight excluding hydrogens is 258 g/mol. The van der Waals surface area contributed by atoms with Gasteiger partial charge in [-0.25, -0.2) is 8.78 Å². The van der Waals surface area contributed by atoms with Crippen LogP contribution in [0.4, 0.5) is 8.78 Å². The monoisotopic (exact) mass is 276 g/mol. The van der Waals surface area contributed by atoms with Crippen LogP contribution in [0.25, 0.3) is 0 Å². The second-order valence-corrected chi connectivity index (χ2v) is 4.61. The number of rotatable bonds is 6. The molecule has 0 spiro atoms. The molecule has 0 aliphatic rings. The van der Waals surface area contributed by atoms with Crippen LogP contribution in [0.5, 0.6) is 0 Å². The van der Waals surface area contributed by atoms with E-state index in [1.54, 1.807) is 18.3 Å². The molecule has 1 atom stereocenters. The van der Waals surface area contributed by atoms with Crippen molar-refractivity contribution in [3.8, 4) is 0 Å². The fraction of sp³-hybridized carbons (Fsp3) is 0.312. The van der Waals surface area contributed by atoms with Gasteiger partial charge in [-0.15, -0.1) is 0 Å². The summed E-state index contributed by atoms with van der Waals surface area (Å²) in [4.78, 5) is 4.25. The van der Waals surface area contributed by atoms with Crippen molar-refractivity contribution < 1.29 is 8.78 Å². The summed E-state index contributed by atoms with van der Waals surface area (Å²) in [6, 6.07) is 9.82. The van der Waals surface area contributed by atoms with Crippen molar-refractivity contribution in [1.82, 2.24) is 10.3 Å². The van der Waals surface area contributed by atoms with Crippen LogP contribution in [0, 0.1) is 11.6 Å². The first-order valence-electron chi connectivity index (χ1n) is 6.79. The van der Waals surface area contributed by atoms with Crippen molar-refractivity contribution in [2.45, 2.75) is 25.8 Å². The fourth-order valence-corrected chi connectivity index (χ4v) is 2.24. The third-order valence-corrected chi connectivity index (χ3v) is 3.22. The van der Waals surface area contributed by atoms with Gasteiger partial charge in [-0.2, -0.15) is 0 Å². The van der Waals surface area contributed by atoms with Crippen LogP contribution in [0.1, 0.15) is 30.6 Å². The minimum atomic E-state index is -0.803. The number of pyridine rings is 1. The van der Waals surface area contributed by atoms with Gasteiger partial charge in [0, 0.05) is 23.5 Å². The number of nitrogens with one attached hydrogen (secondary N) is 1. The topological polar surface area (TPSA) is 24.9 Å². The van der Waals surface area contributed by atoms with E-state index in [9.17, 15) is 8.78 Å². The molecule has 0 amide bonds. The molecule has 2 nitrogen and oxygen atoms in total. The summed E-state index contributed by atoms with van der Waals surface area (Å²) in [5, 5.41) is 3.20. The van der Waals surface area contributed by atoms with E-state index in [0.717, 1.165) is 11.8 Å². The van der Waals surface area contributed by atoms with Crippen molar-refractivity contribution in [1.29, 1.82) is 0 Å². The number of hydrogen-bond donors (Lipinski definition) is 1. The maximum Gasteiger partial charge on any atom is 0.163 e. The van der Waals surface area contributed by atoms with Crippen molar-refractivity contribution in [3.63, 3.8) is 0 Å². The molecule has 0 aliphatic carbocycles. The van der Waals surface area contributed by atoms with Crippen molar-refractivity contribution >= 4 is 0 Å². The van der Waals surface area contributed by atoms with Crippen LogP contribution in [-0.2, 0) is 6.42 Å². The van der Waals surface area contributed by atoms with Gasteiger partial charge in [0.05, 0.1) is 0 Å². The molecule has 2 rings (SSSR count). The third kappa shape index (κ3) is 3.61. The molecule has 0 saturated carbocycles. The van der Waals surface area contributed by atoms with Crippen LogP contribution < -0.4 is 5.32 Å². The fourth-order valence-electron chi connectivity index (χ4n) is 2.24. The molecule has 1 aromatic heterocycles. The second-order valence-electron chi connectivity index (χ2n) is 4.61. The van der Waals surface area contributed by atoms with E-state index >= 15 is 0 Å². The third-order valence-electron chi connectivity index (χ3n) is 3.22. The molecular formula is C16H18F2N2. The summed E-state index contributed by atoms with van der Waals surface area (Å²) < 4.78 is 27.2. The normalized spacial score (nSPS) is 12.3. The first-order valence-corrected chi connectivity index (χ1v) is 6.79.